The van der Waals surface area contributed by atoms with E-state index in [1.165, 1.54) is 24.0 Å². The molecule has 1 fully saturated rings. The Morgan fingerprint density at radius 2 is 2.06 bits per heavy atom. The first-order chi connectivity index (χ1) is 8.22. The highest BCUT2D eigenvalue weighted by Gasteiger charge is 2.18. The van der Waals surface area contributed by atoms with Crippen LogP contribution in [-0.2, 0) is 0 Å². The molecule has 0 aliphatic carbocycles. The van der Waals surface area contributed by atoms with Gasteiger partial charge in [-0.2, -0.15) is 0 Å². The third kappa shape index (κ3) is 2.93. The van der Waals surface area contributed by atoms with Gasteiger partial charge in [0.25, 0.3) is 0 Å². The van der Waals surface area contributed by atoms with Gasteiger partial charge < -0.3 is 10.1 Å². The number of benzene rings is 1. The molecule has 1 aromatic carbocycles. The van der Waals surface area contributed by atoms with Crippen molar-refractivity contribution in [3.05, 3.63) is 28.3 Å². The molecule has 17 heavy (non-hydrogen) atoms. The van der Waals surface area contributed by atoms with Crippen molar-refractivity contribution < 1.29 is 4.74 Å². The zero-order valence-electron chi connectivity index (χ0n) is 10.6. The smallest absolute Gasteiger partial charge is 0.138 e. The summed E-state index contributed by atoms with van der Waals surface area (Å²) in [6, 6.07) is 4.17. The molecule has 1 heterocycles. The highest BCUT2D eigenvalue weighted by molar-refractivity contribution is 6.32. The van der Waals surface area contributed by atoms with Crippen molar-refractivity contribution in [1.29, 1.82) is 0 Å². The SMILES string of the molecule is CCOc1cc(C)c(C2CCNCC2)cc1Cl. The molecule has 1 aromatic rings. The topological polar surface area (TPSA) is 21.3 Å². The maximum atomic E-state index is 6.26. The minimum absolute atomic E-state index is 0.643. The normalized spacial score (nSPS) is 17.1. The lowest BCUT2D eigenvalue weighted by atomic mass is 9.87. The Balaban J connectivity index is 2.25. The number of rotatable bonds is 3. The lowest BCUT2D eigenvalue weighted by Crippen LogP contribution is -2.27. The van der Waals surface area contributed by atoms with Crippen molar-refractivity contribution in [3.8, 4) is 5.75 Å². The molecule has 3 heteroatoms. The Kier molecular flexibility index (Phi) is 4.30. The van der Waals surface area contributed by atoms with E-state index in [1.54, 1.807) is 0 Å². The predicted molar refractivity (Wildman–Crippen MR) is 72.2 cm³/mol. The Morgan fingerprint density at radius 3 is 2.71 bits per heavy atom. The van der Waals surface area contributed by atoms with Crippen molar-refractivity contribution in [2.45, 2.75) is 32.6 Å². The van der Waals surface area contributed by atoms with Gasteiger partial charge in [0.2, 0.25) is 0 Å². The van der Waals surface area contributed by atoms with E-state index in [9.17, 15) is 0 Å². The van der Waals surface area contributed by atoms with Gasteiger partial charge in [0.05, 0.1) is 11.6 Å². The van der Waals surface area contributed by atoms with Gasteiger partial charge in [0, 0.05) is 0 Å². The molecule has 1 aliphatic rings. The molecular weight excluding hydrogens is 234 g/mol. The first-order valence-corrected chi connectivity index (χ1v) is 6.73. The molecule has 0 unspecified atom stereocenters. The van der Waals surface area contributed by atoms with E-state index in [-0.39, 0.29) is 0 Å². The third-order valence-electron chi connectivity index (χ3n) is 3.40. The number of piperidine rings is 1. The highest BCUT2D eigenvalue weighted by Crippen LogP contribution is 2.34. The monoisotopic (exact) mass is 253 g/mol. The van der Waals surface area contributed by atoms with E-state index in [1.807, 2.05) is 6.92 Å². The van der Waals surface area contributed by atoms with Gasteiger partial charge in [0.15, 0.2) is 0 Å². The minimum Gasteiger partial charge on any atom is -0.492 e. The lowest BCUT2D eigenvalue weighted by Gasteiger charge is -2.25. The second kappa shape index (κ2) is 5.74. The number of nitrogens with one attached hydrogen (secondary N) is 1. The highest BCUT2D eigenvalue weighted by atomic mass is 35.5. The summed E-state index contributed by atoms with van der Waals surface area (Å²) in [6.07, 6.45) is 2.40. The van der Waals surface area contributed by atoms with Crippen molar-refractivity contribution in [3.63, 3.8) is 0 Å². The summed E-state index contributed by atoms with van der Waals surface area (Å²) in [5.41, 5.74) is 2.68. The van der Waals surface area contributed by atoms with Crippen LogP contribution in [0.4, 0.5) is 0 Å². The Morgan fingerprint density at radius 1 is 1.35 bits per heavy atom. The Hall–Kier alpha value is -0.730. The van der Waals surface area contributed by atoms with Crippen LogP contribution in [0, 0.1) is 6.92 Å². The van der Waals surface area contributed by atoms with Crippen LogP contribution in [0.2, 0.25) is 5.02 Å². The van der Waals surface area contributed by atoms with Gasteiger partial charge in [-0.1, -0.05) is 11.6 Å². The van der Waals surface area contributed by atoms with E-state index >= 15 is 0 Å². The van der Waals surface area contributed by atoms with Gasteiger partial charge >= 0.3 is 0 Å². The maximum absolute atomic E-state index is 6.26. The molecule has 0 radical (unpaired) electrons. The molecule has 1 N–H and O–H groups in total. The molecule has 0 amide bonds. The number of aryl methyl sites for hydroxylation is 1. The quantitative estimate of drug-likeness (QED) is 0.890. The van der Waals surface area contributed by atoms with Crippen LogP contribution in [0.1, 0.15) is 36.8 Å². The molecule has 0 spiro atoms. The average molecular weight is 254 g/mol. The van der Waals surface area contributed by atoms with Gasteiger partial charge in [-0.15, -0.1) is 0 Å². The fourth-order valence-corrected chi connectivity index (χ4v) is 2.74. The fourth-order valence-electron chi connectivity index (χ4n) is 2.51. The fraction of sp³-hybridized carbons (Fsp3) is 0.571. The first kappa shape index (κ1) is 12.7. The second-order valence-electron chi connectivity index (χ2n) is 4.60. The molecule has 94 valence electrons. The van der Waals surface area contributed by atoms with Crippen LogP contribution in [0.3, 0.4) is 0 Å². The van der Waals surface area contributed by atoms with Crippen LogP contribution in [-0.4, -0.2) is 19.7 Å². The van der Waals surface area contributed by atoms with Crippen LogP contribution in [0.15, 0.2) is 12.1 Å². The van der Waals surface area contributed by atoms with Gasteiger partial charge in [-0.25, -0.2) is 0 Å². The molecule has 2 nitrogen and oxygen atoms in total. The largest absolute Gasteiger partial charge is 0.492 e. The molecule has 0 atom stereocenters. The first-order valence-electron chi connectivity index (χ1n) is 6.36. The Bertz CT molecular complexity index is 386. The zero-order valence-corrected chi connectivity index (χ0v) is 11.3. The van der Waals surface area contributed by atoms with E-state index in [0.29, 0.717) is 12.5 Å². The Labute approximate surface area is 108 Å². The van der Waals surface area contributed by atoms with E-state index in [0.717, 1.165) is 23.9 Å². The van der Waals surface area contributed by atoms with Crippen LogP contribution in [0.25, 0.3) is 0 Å². The average Bonchev–Trinajstić information content (AvgIpc) is 2.35. The zero-order chi connectivity index (χ0) is 12.3. The van der Waals surface area contributed by atoms with Gasteiger partial charge in [-0.05, 0) is 69.0 Å². The molecule has 1 saturated heterocycles. The second-order valence-corrected chi connectivity index (χ2v) is 5.00. The molecule has 2 rings (SSSR count). The number of ether oxygens (including phenoxy) is 1. The van der Waals surface area contributed by atoms with Crippen LogP contribution < -0.4 is 10.1 Å². The number of hydrogen-bond donors (Lipinski definition) is 1. The van der Waals surface area contributed by atoms with Crippen molar-refractivity contribution in [2.24, 2.45) is 0 Å². The summed E-state index contributed by atoms with van der Waals surface area (Å²) in [4.78, 5) is 0. The molecule has 1 aliphatic heterocycles. The minimum atomic E-state index is 0.643. The summed E-state index contributed by atoms with van der Waals surface area (Å²) < 4.78 is 5.52. The van der Waals surface area contributed by atoms with Crippen LogP contribution in [0.5, 0.6) is 5.75 Å². The molecule has 0 aromatic heterocycles. The predicted octanol–water partition coefficient (Wildman–Crippen LogP) is 3.51. The van der Waals surface area contributed by atoms with E-state index < -0.39 is 0 Å². The van der Waals surface area contributed by atoms with E-state index in [4.69, 9.17) is 16.3 Å². The van der Waals surface area contributed by atoms with Crippen molar-refractivity contribution in [2.75, 3.05) is 19.7 Å². The van der Waals surface area contributed by atoms with Crippen LogP contribution >= 0.6 is 11.6 Å². The van der Waals surface area contributed by atoms with Crippen molar-refractivity contribution >= 4 is 11.6 Å². The summed E-state index contributed by atoms with van der Waals surface area (Å²) >= 11 is 6.26. The lowest BCUT2D eigenvalue weighted by molar-refractivity contribution is 0.340. The van der Waals surface area contributed by atoms with Crippen molar-refractivity contribution in [1.82, 2.24) is 5.32 Å². The number of halogens is 1. The molecule has 0 bridgehead atoms. The third-order valence-corrected chi connectivity index (χ3v) is 3.69. The maximum Gasteiger partial charge on any atom is 0.138 e. The molecule has 0 saturated carbocycles. The summed E-state index contributed by atoms with van der Waals surface area (Å²) in [5.74, 6) is 1.45. The van der Waals surface area contributed by atoms with E-state index in [2.05, 4.69) is 24.4 Å². The summed E-state index contributed by atoms with van der Waals surface area (Å²) in [7, 11) is 0. The molecular formula is C14H20ClNO. The number of hydrogen-bond acceptors (Lipinski definition) is 2. The summed E-state index contributed by atoms with van der Waals surface area (Å²) in [5, 5.41) is 4.13. The van der Waals surface area contributed by atoms with Gasteiger partial charge in [0.1, 0.15) is 5.75 Å². The van der Waals surface area contributed by atoms with Gasteiger partial charge in [-0.3, -0.25) is 0 Å². The summed E-state index contributed by atoms with van der Waals surface area (Å²) in [6.45, 7) is 7.00. The standard InChI is InChI=1S/C14H20ClNO/c1-3-17-14-8-10(2)12(9-13(14)15)11-4-6-16-7-5-11/h8-9,11,16H,3-7H2,1-2H3.